The molecule has 0 unspecified atom stereocenters. The van der Waals surface area contributed by atoms with Gasteiger partial charge in [0.1, 0.15) is 12.5 Å². The Morgan fingerprint density at radius 2 is 1.83 bits per heavy atom. The molecule has 1 atom stereocenters. The van der Waals surface area contributed by atoms with Crippen molar-refractivity contribution in [2.45, 2.75) is 24.8 Å². The van der Waals surface area contributed by atoms with Crippen molar-refractivity contribution in [3.05, 3.63) is 29.8 Å². The van der Waals surface area contributed by atoms with Gasteiger partial charge in [-0.05, 0) is 26.0 Å². The first-order valence-electron chi connectivity index (χ1n) is 6.99. The molecule has 0 heterocycles. The number of Topliss-reactive ketones (excluding diaryl/α,β-unsaturated/α-hetero) is 1. The number of carbonyl (C=O) groups is 1. The van der Waals surface area contributed by atoms with E-state index in [0.29, 0.717) is 11.7 Å². The summed E-state index contributed by atoms with van der Waals surface area (Å²) in [4.78, 5) is 12.1. The number of rotatable bonds is 10. The highest BCUT2D eigenvalue weighted by Crippen LogP contribution is 2.21. The van der Waals surface area contributed by atoms with E-state index in [-0.39, 0.29) is 17.4 Å². The third-order valence-corrected chi connectivity index (χ3v) is 5.98. The maximum atomic E-state index is 12.9. The van der Waals surface area contributed by atoms with Gasteiger partial charge in [-0.3, -0.25) is 4.79 Å². The molecule has 0 radical (unpaired) electrons. The summed E-state index contributed by atoms with van der Waals surface area (Å²) < 4.78 is 36.8. The molecule has 130 valence electrons. The minimum atomic E-state index is -3.83. The van der Waals surface area contributed by atoms with Gasteiger partial charge >= 0.3 is 0 Å². The molecular formula is C15H23NO5S2. The third kappa shape index (κ3) is 5.58. The van der Waals surface area contributed by atoms with E-state index in [4.69, 9.17) is 9.47 Å². The number of nitrogens with zero attached hydrogens (tertiary/aromatic N) is 1. The first-order valence-corrected chi connectivity index (χ1v) is 9.58. The first kappa shape index (κ1) is 20.1. The van der Waals surface area contributed by atoms with Crippen molar-refractivity contribution in [2.24, 2.45) is 0 Å². The van der Waals surface area contributed by atoms with Crippen molar-refractivity contribution < 1.29 is 22.7 Å². The van der Waals surface area contributed by atoms with Crippen LogP contribution in [0.2, 0.25) is 0 Å². The molecule has 0 amide bonds. The highest BCUT2D eigenvalue weighted by molar-refractivity contribution is 7.99. The Balaban J connectivity index is 3.14. The third-order valence-electron chi connectivity index (χ3n) is 3.18. The van der Waals surface area contributed by atoms with Gasteiger partial charge in [-0.2, -0.15) is 4.31 Å². The van der Waals surface area contributed by atoms with Gasteiger partial charge in [-0.25, -0.2) is 8.42 Å². The van der Waals surface area contributed by atoms with E-state index < -0.39 is 16.1 Å². The van der Waals surface area contributed by atoms with Crippen molar-refractivity contribution in [3.63, 3.8) is 0 Å². The lowest BCUT2D eigenvalue weighted by atomic mass is 10.2. The monoisotopic (exact) mass is 361 g/mol. The Hall–Kier alpha value is -0.930. The molecule has 6 nitrogen and oxygen atoms in total. The van der Waals surface area contributed by atoms with Crippen LogP contribution in [0.4, 0.5) is 0 Å². The second-order valence-electron chi connectivity index (χ2n) is 5.03. The minimum Gasteiger partial charge on any atom is -0.374 e. The highest BCUT2D eigenvalue weighted by atomic mass is 32.2. The summed E-state index contributed by atoms with van der Waals surface area (Å²) >= 11 is 1.35. The van der Waals surface area contributed by atoms with Crippen LogP contribution in [0.1, 0.15) is 12.5 Å². The summed E-state index contributed by atoms with van der Waals surface area (Å²) in [5, 5.41) is 0. The van der Waals surface area contributed by atoms with E-state index >= 15 is 0 Å². The van der Waals surface area contributed by atoms with Crippen LogP contribution in [-0.2, 0) is 24.3 Å². The zero-order valence-electron chi connectivity index (χ0n) is 13.8. The minimum absolute atomic E-state index is 0.142. The van der Waals surface area contributed by atoms with E-state index in [9.17, 15) is 13.2 Å². The summed E-state index contributed by atoms with van der Waals surface area (Å²) in [6.07, 6.45) is 0. The molecule has 0 N–H and O–H groups in total. The SMILES string of the molecule is COCSC[C@@H](C(C)=O)N(COC)S(=O)(=O)c1ccc(C)cc1. The first-order chi connectivity index (χ1) is 10.8. The van der Waals surface area contributed by atoms with E-state index in [0.717, 1.165) is 9.87 Å². The summed E-state index contributed by atoms with van der Waals surface area (Å²) in [6.45, 7) is 3.07. The summed E-state index contributed by atoms with van der Waals surface area (Å²) in [5.41, 5.74) is 0.959. The van der Waals surface area contributed by atoms with Crippen LogP contribution in [0.15, 0.2) is 29.2 Å². The summed E-state index contributed by atoms with van der Waals surface area (Å²) in [5.74, 6) is 0.452. The number of benzene rings is 1. The Labute approximate surface area is 142 Å². The maximum Gasteiger partial charge on any atom is 0.245 e. The van der Waals surface area contributed by atoms with Gasteiger partial charge in [-0.15, -0.1) is 11.8 Å². The number of carbonyl (C=O) groups excluding carboxylic acids is 1. The lowest BCUT2D eigenvalue weighted by molar-refractivity contribution is -0.121. The number of ether oxygens (including phenoxy) is 2. The Bertz CT molecular complexity index is 601. The van der Waals surface area contributed by atoms with Crippen LogP contribution in [0, 0.1) is 6.92 Å². The fraction of sp³-hybridized carbons (Fsp3) is 0.533. The van der Waals surface area contributed by atoms with Crippen LogP contribution >= 0.6 is 11.8 Å². The molecule has 0 fully saturated rings. The number of hydrogen-bond donors (Lipinski definition) is 0. The maximum absolute atomic E-state index is 12.9. The molecule has 1 rings (SSSR count). The average molecular weight is 361 g/mol. The average Bonchev–Trinajstić information content (AvgIpc) is 2.50. The normalized spacial score (nSPS) is 13.3. The molecule has 23 heavy (non-hydrogen) atoms. The molecule has 0 saturated carbocycles. The number of thioether (sulfide) groups is 1. The van der Waals surface area contributed by atoms with Gasteiger partial charge in [0.2, 0.25) is 10.0 Å². The van der Waals surface area contributed by atoms with Crippen LogP contribution in [0.25, 0.3) is 0 Å². The quantitative estimate of drug-likeness (QED) is 0.468. The van der Waals surface area contributed by atoms with Crippen LogP contribution in [0.5, 0.6) is 0 Å². The number of sulfonamides is 1. The van der Waals surface area contributed by atoms with Gasteiger partial charge in [0, 0.05) is 20.0 Å². The van der Waals surface area contributed by atoms with Crippen molar-refractivity contribution in [1.82, 2.24) is 4.31 Å². The van der Waals surface area contributed by atoms with Crippen molar-refractivity contribution in [3.8, 4) is 0 Å². The predicted octanol–water partition coefficient (Wildman–Crippen LogP) is 1.88. The number of hydrogen-bond acceptors (Lipinski definition) is 6. The molecule has 0 aromatic heterocycles. The zero-order valence-corrected chi connectivity index (χ0v) is 15.4. The Morgan fingerprint density at radius 1 is 1.22 bits per heavy atom. The van der Waals surface area contributed by atoms with E-state index in [1.807, 2.05) is 6.92 Å². The molecule has 0 aliphatic heterocycles. The van der Waals surface area contributed by atoms with Crippen molar-refractivity contribution in [2.75, 3.05) is 32.6 Å². The molecule has 0 aliphatic carbocycles. The van der Waals surface area contributed by atoms with Gasteiger partial charge in [-0.1, -0.05) is 17.7 Å². The molecule has 0 spiro atoms. The number of methoxy groups -OCH3 is 2. The molecule has 1 aromatic rings. The molecule has 0 saturated heterocycles. The Kier molecular flexibility index (Phi) is 8.21. The largest absolute Gasteiger partial charge is 0.374 e. The van der Waals surface area contributed by atoms with Gasteiger partial charge < -0.3 is 9.47 Å². The second-order valence-corrected chi connectivity index (χ2v) is 7.89. The fourth-order valence-corrected chi connectivity index (χ4v) is 4.49. The molecular weight excluding hydrogens is 338 g/mol. The van der Waals surface area contributed by atoms with E-state index in [1.54, 1.807) is 19.2 Å². The van der Waals surface area contributed by atoms with E-state index in [2.05, 4.69) is 0 Å². The molecule has 8 heteroatoms. The van der Waals surface area contributed by atoms with Crippen molar-refractivity contribution in [1.29, 1.82) is 0 Å². The summed E-state index contributed by atoms with van der Waals surface area (Å²) in [6, 6.07) is 5.71. The fourth-order valence-electron chi connectivity index (χ4n) is 1.95. The van der Waals surface area contributed by atoms with Crippen LogP contribution in [-0.4, -0.2) is 57.2 Å². The van der Waals surface area contributed by atoms with Crippen LogP contribution in [0.3, 0.4) is 0 Å². The smallest absolute Gasteiger partial charge is 0.245 e. The van der Waals surface area contributed by atoms with Crippen LogP contribution < -0.4 is 0 Å². The lowest BCUT2D eigenvalue weighted by Crippen LogP contribution is -2.46. The second kappa shape index (κ2) is 9.39. The standard InChI is InChI=1S/C15H23NO5S2/c1-12-5-7-14(8-6-12)23(18,19)16(10-20-3)15(13(2)17)9-22-11-21-4/h5-8,15H,9-11H2,1-4H3/t15-/m0/s1. The number of ketones is 1. The molecule has 0 aliphatic rings. The highest BCUT2D eigenvalue weighted by Gasteiger charge is 2.34. The molecule has 1 aromatic carbocycles. The lowest BCUT2D eigenvalue weighted by Gasteiger charge is -2.28. The van der Waals surface area contributed by atoms with Gasteiger partial charge in [0.05, 0.1) is 16.9 Å². The summed E-state index contributed by atoms with van der Waals surface area (Å²) in [7, 11) is -0.881. The van der Waals surface area contributed by atoms with Gasteiger partial charge in [0.15, 0.2) is 0 Å². The van der Waals surface area contributed by atoms with Crippen molar-refractivity contribution >= 4 is 27.6 Å². The van der Waals surface area contributed by atoms with E-state index in [1.165, 1.54) is 37.9 Å². The Morgan fingerprint density at radius 3 is 2.30 bits per heavy atom. The topological polar surface area (TPSA) is 72.9 Å². The van der Waals surface area contributed by atoms with Gasteiger partial charge in [0.25, 0.3) is 0 Å². The number of aryl methyl sites for hydroxylation is 1. The predicted molar refractivity (Wildman–Crippen MR) is 90.9 cm³/mol. The zero-order chi connectivity index (χ0) is 17.5. The molecule has 0 bridgehead atoms.